The molecule has 0 bridgehead atoms. The Morgan fingerprint density at radius 1 is 0.351 bits per heavy atom. The van der Waals surface area contributed by atoms with Crippen molar-refractivity contribution in [2.45, 2.75) is 0 Å². The van der Waals surface area contributed by atoms with Crippen LogP contribution in [0.25, 0.3) is 81.0 Å². The van der Waals surface area contributed by atoms with Crippen molar-refractivity contribution in [3.05, 3.63) is 218 Å². The van der Waals surface area contributed by atoms with E-state index in [2.05, 4.69) is 228 Å². The molecule has 11 rings (SSSR count). The first-order valence-electron chi connectivity index (χ1n) is 19.4. The lowest BCUT2D eigenvalue weighted by molar-refractivity contribution is 1.18. The van der Waals surface area contributed by atoms with Crippen molar-refractivity contribution in [1.82, 2.24) is 4.57 Å². The van der Waals surface area contributed by atoms with E-state index in [0.717, 1.165) is 22.7 Å². The van der Waals surface area contributed by atoms with E-state index in [1.54, 1.807) is 0 Å². The van der Waals surface area contributed by atoms with Gasteiger partial charge in [-0.1, -0.05) is 164 Å². The number of aromatic nitrogens is 1. The molecule has 0 aliphatic rings. The minimum Gasteiger partial charge on any atom is -0.310 e. The maximum atomic E-state index is 2.45. The van der Waals surface area contributed by atoms with Crippen LogP contribution in [-0.4, -0.2) is 4.57 Å². The molecule has 2 heterocycles. The van der Waals surface area contributed by atoms with Gasteiger partial charge in [-0.15, -0.1) is 11.3 Å². The van der Waals surface area contributed by atoms with Gasteiger partial charge in [0.25, 0.3) is 0 Å². The molecule has 0 saturated carbocycles. The molecule has 11 aromatic rings. The highest BCUT2D eigenvalue weighted by Crippen LogP contribution is 2.47. The number of para-hydroxylation sites is 3. The molecule has 3 heteroatoms. The number of rotatable bonds is 7. The lowest BCUT2D eigenvalue weighted by Crippen LogP contribution is -2.12. The van der Waals surface area contributed by atoms with Crippen LogP contribution in [-0.2, 0) is 0 Å². The van der Waals surface area contributed by atoms with Crippen LogP contribution < -0.4 is 4.90 Å². The zero-order valence-electron chi connectivity index (χ0n) is 31.1. The second-order valence-electron chi connectivity index (χ2n) is 14.5. The maximum absolute atomic E-state index is 2.45. The molecule has 57 heavy (non-hydrogen) atoms. The van der Waals surface area contributed by atoms with Crippen LogP contribution in [0.4, 0.5) is 17.1 Å². The summed E-state index contributed by atoms with van der Waals surface area (Å²) in [6.07, 6.45) is 0. The number of thiophene rings is 1. The monoisotopic (exact) mass is 744 g/mol. The van der Waals surface area contributed by atoms with Crippen molar-refractivity contribution in [3.63, 3.8) is 0 Å². The number of hydrogen-bond donors (Lipinski definition) is 0. The summed E-state index contributed by atoms with van der Waals surface area (Å²) in [5, 5.41) is 5.08. The number of fused-ring (bicyclic) bond motifs is 6. The van der Waals surface area contributed by atoms with Crippen LogP contribution in [0.15, 0.2) is 218 Å². The molecule has 0 aliphatic carbocycles. The largest absolute Gasteiger partial charge is 0.310 e. The van der Waals surface area contributed by atoms with Gasteiger partial charge in [-0.25, -0.2) is 0 Å². The van der Waals surface area contributed by atoms with E-state index in [-0.39, 0.29) is 0 Å². The summed E-state index contributed by atoms with van der Waals surface area (Å²) in [5.74, 6) is 0. The highest BCUT2D eigenvalue weighted by Gasteiger charge is 2.22. The molecule has 2 aromatic heterocycles. The fourth-order valence-corrected chi connectivity index (χ4v) is 9.86. The van der Waals surface area contributed by atoms with Gasteiger partial charge in [-0.3, -0.25) is 0 Å². The molecule has 0 amide bonds. The van der Waals surface area contributed by atoms with E-state index in [4.69, 9.17) is 0 Å². The van der Waals surface area contributed by atoms with Crippen molar-refractivity contribution in [2.24, 2.45) is 0 Å². The van der Waals surface area contributed by atoms with Crippen LogP contribution in [0.2, 0.25) is 0 Å². The molecular formula is C54H36N2S. The number of anilines is 3. The van der Waals surface area contributed by atoms with Gasteiger partial charge in [0.15, 0.2) is 0 Å². The first-order valence-corrected chi connectivity index (χ1v) is 20.3. The lowest BCUT2D eigenvalue weighted by Gasteiger charge is -2.29. The van der Waals surface area contributed by atoms with E-state index < -0.39 is 0 Å². The van der Waals surface area contributed by atoms with Crippen LogP contribution in [0.1, 0.15) is 0 Å². The van der Waals surface area contributed by atoms with Crippen LogP contribution >= 0.6 is 11.3 Å². The molecule has 0 unspecified atom stereocenters. The maximum Gasteiger partial charge on any atom is 0.0561 e. The molecule has 0 aliphatic heterocycles. The summed E-state index contributed by atoms with van der Waals surface area (Å²) in [4.78, 5) is 2.45. The Labute approximate surface area is 335 Å². The molecule has 0 atom stereocenters. The molecule has 0 saturated heterocycles. The minimum absolute atomic E-state index is 1.09. The highest BCUT2D eigenvalue weighted by molar-refractivity contribution is 7.26. The molecular weight excluding hydrogens is 709 g/mol. The molecule has 2 nitrogen and oxygen atoms in total. The topological polar surface area (TPSA) is 8.17 Å². The molecule has 0 fully saturated rings. The summed E-state index contributed by atoms with van der Waals surface area (Å²) in [7, 11) is 0. The zero-order valence-corrected chi connectivity index (χ0v) is 31.9. The third kappa shape index (κ3) is 5.63. The van der Waals surface area contributed by atoms with E-state index in [9.17, 15) is 0 Å². The SMILES string of the molecule is c1ccc(-c2cc(N(c3ccc4c5ccccc5n(-c5ccccc5)c4c3)c3ccccc3-c3ccccc3)ccc2-c2cccc3c2sc2ccccc23)cc1. The minimum atomic E-state index is 1.09. The van der Waals surface area contributed by atoms with Gasteiger partial charge in [0.1, 0.15) is 0 Å². The molecule has 0 spiro atoms. The van der Waals surface area contributed by atoms with Crippen molar-refractivity contribution >= 4 is 70.4 Å². The third-order valence-electron chi connectivity index (χ3n) is 11.2. The Morgan fingerprint density at radius 3 is 1.74 bits per heavy atom. The van der Waals surface area contributed by atoms with Gasteiger partial charge in [-0.2, -0.15) is 0 Å². The van der Waals surface area contributed by atoms with Gasteiger partial charge in [0.05, 0.1) is 16.7 Å². The van der Waals surface area contributed by atoms with E-state index >= 15 is 0 Å². The van der Waals surface area contributed by atoms with Crippen molar-refractivity contribution in [3.8, 4) is 39.1 Å². The Hall–Kier alpha value is -7.20. The first-order chi connectivity index (χ1) is 28.3. The Morgan fingerprint density at radius 2 is 0.930 bits per heavy atom. The predicted octanol–water partition coefficient (Wildman–Crippen LogP) is 15.6. The fraction of sp³-hybridized carbons (Fsp3) is 0. The standard InChI is InChI=1S/C54H36N2S/c1-4-17-37(18-5-1)42-23-10-13-28-50(42)55(41-32-34-45-44-24-11-14-29-51(44)56(52(45)36-41)39-21-8-3-9-22-39)40-31-33-43(49(35-40)38-19-6-2-7-20-38)47-26-16-27-48-46-25-12-15-30-53(46)57-54(47)48/h1-36H. The van der Waals surface area contributed by atoms with Crippen molar-refractivity contribution < 1.29 is 0 Å². The smallest absolute Gasteiger partial charge is 0.0561 e. The highest BCUT2D eigenvalue weighted by atomic mass is 32.1. The molecule has 0 N–H and O–H groups in total. The van der Waals surface area contributed by atoms with E-state index in [1.807, 2.05) is 11.3 Å². The zero-order chi connectivity index (χ0) is 37.7. The average Bonchev–Trinajstić information content (AvgIpc) is 3.83. The summed E-state index contributed by atoms with van der Waals surface area (Å²) in [6.45, 7) is 0. The van der Waals surface area contributed by atoms with Gasteiger partial charge in [0.2, 0.25) is 0 Å². The second-order valence-corrected chi connectivity index (χ2v) is 15.5. The summed E-state index contributed by atoms with van der Waals surface area (Å²) in [6, 6.07) is 79.4. The first kappa shape index (κ1) is 33.2. The third-order valence-corrected chi connectivity index (χ3v) is 12.4. The van der Waals surface area contributed by atoms with Gasteiger partial charge >= 0.3 is 0 Å². The van der Waals surface area contributed by atoms with Crippen LogP contribution in [0.3, 0.4) is 0 Å². The number of benzene rings is 9. The van der Waals surface area contributed by atoms with Crippen molar-refractivity contribution in [2.75, 3.05) is 4.90 Å². The Kier molecular flexibility index (Phi) is 8.04. The second kappa shape index (κ2) is 13.8. The van der Waals surface area contributed by atoms with Gasteiger partial charge < -0.3 is 9.47 Å². The predicted molar refractivity (Wildman–Crippen MR) is 245 cm³/mol. The quantitative estimate of drug-likeness (QED) is 0.158. The van der Waals surface area contributed by atoms with E-state index in [0.29, 0.717) is 0 Å². The summed E-state index contributed by atoms with van der Waals surface area (Å²) < 4.78 is 5.03. The molecule has 0 radical (unpaired) electrons. The van der Waals surface area contributed by atoms with Gasteiger partial charge in [0, 0.05) is 59.1 Å². The number of nitrogens with zero attached hydrogens (tertiary/aromatic N) is 2. The van der Waals surface area contributed by atoms with Crippen LogP contribution in [0.5, 0.6) is 0 Å². The normalized spacial score (nSPS) is 11.5. The summed E-state index contributed by atoms with van der Waals surface area (Å²) >= 11 is 1.88. The average molecular weight is 745 g/mol. The number of hydrogen-bond acceptors (Lipinski definition) is 2. The van der Waals surface area contributed by atoms with E-state index in [1.165, 1.54) is 75.4 Å². The lowest BCUT2D eigenvalue weighted by atomic mass is 9.92. The summed E-state index contributed by atoms with van der Waals surface area (Å²) in [5.41, 5.74) is 14.0. The molecule has 9 aromatic carbocycles. The van der Waals surface area contributed by atoms with Crippen LogP contribution in [0, 0.1) is 0 Å². The fourth-order valence-electron chi connectivity index (χ4n) is 8.63. The molecule has 268 valence electrons. The Balaban J connectivity index is 1.19. The van der Waals surface area contributed by atoms with Gasteiger partial charge in [-0.05, 0) is 76.9 Å². The van der Waals surface area contributed by atoms with Crippen molar-refractivity contribution in [1.29, 1.82) is 0 Å². The Bertz CT molecular complexity index is 3230.